The molecule has 0 saturated heterocycles. The Morgan fingerprint density at radius 2 is 1.15 bits per heavy atom. The van der Waals surface area contributed by atoms with Gasteiger partial charge in [-0.1, -0.05) is 92.9 Å². The highest BCUT2D eigenvalue weighted by molar-refractivity contribution is 6.32. The number of carbonyl (C=O) groups is 7. The molecular weight excluding hydrogens is 1450 g/mol. The van der Waals surface area contributed by atoms with Crippen molar-refractivity contribution in [2.75, 3.05) is 60.9 Å². The number of phenolic OH excluding ortho intramolecular Hbond substituents is 6. The van der Waals surface area contributed by atoms with Crippen LogP contribution in [0.4, 0.5) is 0 Å². The van der Waals surface area contributed by atoms with Crippen molar-refractivity contribution in [3.63, 3.8) is 0 Å². The van der Waals surface area contributed by atoms with Crippen LogP contribution in [0.25, 0.3) is 11.1 Å². The quantitative estimate of drug-likeness (QED) is 0.0250. The molecule has 0 fully saturated rings. The van der Waals surface area contributed by atoms with Crippen molar-refractivity contribution in [3.05, 3.63) is 164 Å². The average molecular weight is 1540 g/mol. The minimum Gasteiger partial charge on any atom is -0.508 e. The highest BCUT2D eigenvalue weighted by Gasteiger charge is 2.42. The van der Waals surface area contributed by atoms with Crippen LogP contribution in [0.3, 0.4) is 0 Å². The number of fused-ring (bicyclic) bond motifs is 14. The smallest absolute Gasteiger partial charge is 0.248 e. The first-order valence-corrected chi connectivity index (χ1v) is 37.1. The van der Waals surface area contributed by atoms with Crippen molar-refractivity contribution >= 4 is 64.6 Å². The van der Waals surface area contributed by atoms with Gasteiger partial charge in [-0.05, 0) is 158 Å². The summed E-state index contributed by atoms with van der Waals surface area (Å²) in [6.07, 6.45) is 8.22. The summed E-state index contributed by atoms with van der Waals surface area (Å²) in [4.78, 5) is 110. The fraction of sp³-hybridized carbons (Fsp3) is 0.380. The fourth-order valence-corrected chi connectivity index (χ4v) is 14.3. The molecule has 6 heterocycles. The van der Waals surface area contributed by atoms with Gasteiger partial charge in [0.1, 0.15) is 88.6 Å². The van der Waals surface area contributed by atoms with Crippen molar-refractivity contribution in [2.24, 2.45) is 5.73 Å². The van der Waals surface area contributed by atoms with Crippen LogP contribution in [0.5, 0.6) is 69.0 Å². The van der Waals surface area contributed by atoms with Gasteiger partial charge in [-0.15, -0.1) is 0 Å². The molecule has 30 heteroatoms. The van der Waals surface area contributed by atoms with Crippen molar-refractivity contribution in [2.45, 2.75) is 132 Å². The summed E-state index contributed by atoms with van der Waals surface area (Å²) < 4.78 is 19.5. The minimum absolute atomic E-state index is 0.0443. The Bertz CT molecular complexity index is 4620. The third kappa shape index (κ3) is 18.9. The number of unbranched alkanes of at least 4 members (excludes halogenated alkanes) is 7. The number of aliphatic hydroxyl groups excluding tert-OH is 1. The zero-order valence-corrected chi connectivity index (χ0v) is 62.5. The van der Waals surface area contributed by atoms with E-state index in [4.69, 9.17) is 43.1 Å². The molecule has 7 amide bonds. The first-order chi connectivity index (χ1) is 52.0. The van der Waals surface area contributed by atoms with Gasteiger partial charge in [0, 0.05) is 49.7 Å². The number of nitrogens with two attached hydrogens (primary N) is 1. The molecule has 17 N–H and O–H groups in total. The zero-order valence-electron chi connectivity index (χ0n) is 61.0. The highest BCUT2D eigenvalue weighted by Crippen LogP contribution is 2.49. The maximum atomic E-state index is 16.2. The molecule has 0 aliphatic carbocycles. The molecule has 6 aliphatic heterocycles. The summed E-state index contributed by atoms with van der Waals surface area (Å²) in [7, 11) is 8.01. The number of amides is 7. The Labute approximate surface area is 639 Å². The Morgan fingerprint density at radius 3 is 1.83 bits per heavy atom. The van der Waals surface area contributed by atoms with Crippen LogP contribution in [-0.2, 0) is 46.5 Å². The van der Waals surface area contributed by atoms with E-state index >= 15 is 24.0 Å². The number of rotatable bonds is 20. The van der Waals surface area contributed by atoms with Crippen LogP contribution in [0.15, 0.2) is 109 Å². The first kappa shape index (κ1) is 79.5. The van der Waals surface area contributed by atoms with Gasteiger partial charge in [0.05, 0.1) is 42.8 Å². The van der Waals surface area contributed by atoms with Gasteiger partial charge in [0.25, 0.3) is 0 Å². The van der Waals surface area contributed by atoms with Crippen LogP contribution in [-0.4, -0.2) is 159 Å². The van der Waals surface area contributed by atoms with E-state index < -0.39 is 136 Å². The van der Waals surface area contributed by atoms with Crippen molar-refractivity contribution < 1.29 is 88.0 Å². The predicted octanol–water partition coefficient (Wildman–Crippen LogP) is 8.66. The van der Waals surface area contributed by atoms with Gasteiger partial charge >= 0.3 is 0 Å². The topological polar surface area (TPSA) is 414 Å². The lowest BCUT2D eigenvalue weighted by molar-refractivity contribution is -0.890. The number of phenols is 6. The third-order valence-electron chi connectivity index (χ3n) is 19.9. The van der Waals surface area contributed by atoms with E-state index in [1.807, 2.05) is 19.0 Å². The molecule has 0 radical (unpaired) electrons. The number of nitrogens with one attached hydrogen (secondary N) is 8. The SMILES string of the molecule is CCCCCCCCCC[N+](C)(C)CCCNCc1c(O)cc2c(c1O)-c1cc(ccc1O)[C@H]1NC(=O)[C@@H]3NC(=O)[C@H]4NC(=O)[C@@H](Cc5ccc(c(Cl)c5)Oc5cc3cc(c5O)Oc3ccc(cc3Cl)[C@@H](O)[C@H](NC1=O)C(=O)N[C@@H]2C(=O)NCCCN(C)C)NC(=O)[C@@H](N)c1ccc(O)c(c1)Oc1cc(O)cc4c1. The molecule has 7 aromatic rings. The van der Waals surface area contributed by atoms with Crippen LogP contribution in [0.2, 0.25) is 10.0 Å². The standard InChI is InChI=1S/C79H91Cl2N11O17/c1-6-7-8-9-10-11-12-13-27-92(4,5)28-15-24-83-40-51-57(96)39-50-63(71(51)98)49-33-43(18-20-55(49)94)65-76(103)90-69(79(106)89-68(50)75(102)84-25-14-26-91(2)3)70(97)44-19-23-59(53(81)34-44)109-62-37-46-36-61(72(62)99)108-58-22-16-41(29-52(58)80)30-54-73(100)86-66(77(104)88-67(46)78(105)87-65)45-31-47(93)38-48(32-45)107-60-35-42(17-21-56(60)95)64(82)74(101)85-54/h16-23,29,31-39,54,64-70,83,97H,6-15,24-28,30,40,82H2,1-5H3,(H12-,84,85,86,87,88,89,90,93,94,95,96,98,99,100,101,102,103,104,105,106)/p+1/t54-,64+,65-,66+,67-,68+,69+,70-/m1/s1. The van der Waals surface area contributed by atoms with Crippen LogP contribution < -0.4 is 62.5 Å². The average Bonchev–Trinajstić information content (AvgIpc) is 0.754. The molecule has 0 aromatic heterocycles. The number of hydrogen-bond acceptors (Lipinski definition) is 20. The second-order valence-corrected chi connectivity index (χ2v) is 29.7. The summed E-state index contributed by atoms with van der Waals surface area (Å²) in [6, 6.07) is 8.84. The second kappa shape index (κ2) is 34.8. The molecule has 0 saturated carbocycles. The molecule has 28 nitrogen and oxygen atoms in total. The van der Waals surface area contributed by atoms with E-state index in [1.54, 1.807) is 0 Å². The molecule has 6 aliphatic rings. The van der Waals surface area contributed by atoms with Crippen molar-refractivity contribution in [1.82, 2.24) is 47.4 Å². The Balaban J connectivity index is 1.06. The molecule has 8 atom stereocenters. The number of aliphatic hydroxyl groups is 1. The molecule has 7 aromatic carbocycles. The van der Waals surface area contributed by atoms with Crippen molar-refractivity contribution in [1.29, 1.82) is 0 Å². The van der Waals surface area contributed by atoms with Gasteiger partial charge < -0.3 is 108 Å². The molecule has 109 heavy (non-hydrogen) atoms. The van der Waals surface area contributed by atoms with Gasteiger partial charge in [0.2, 0.25) is 47.1 Å². The normalized spacial score (nSPS) is 20.0. The van der Waals surface area contributed by atoms with E-state index in [9.17, 15) is 45.3 Å². The lowest BCUT2D eigenvalue weighted by Crippen LogP contribution is -2.56. The summed E-state index contributed by atoms with van der Waals surface area (Å²) in [5, 5.41) is 106. The van der Waals surface area contributed by atoms with Gasteiger partial charge in [-0.25, -0.2) is 0 Å². The number of carbonyl (C=O) groups excluding carboxylic acids is 7. The molecule has 13 rings (SSSR count). The third-order valence-corrected chi connectivity index (χ3v) is 20.4. The number of quaternary nitrogens is 1. The van der Waals surface area contributed by atoms with Gasteiger partial charge in [0.15, 0.2) is 23.0 Å². The number of ether oxygens (including phenoxy) is 3. The van der Waals surface area contributed by atoms with E-state index in [1.165, 1.54) is 111 Å². The van der Waals surface area contributed by atoms with Crippen LogP contribution in [0.1, 0.15) is 152 Å². The first-order valence-electron chi connectivity index (χ1n) is 36.3. The lowest BCUT2D eigenvalue weighted by Gasteiger charge is -2.32. The molecular formula is C79H92Cl2N11O17+. The summed E-state index contributed by atoms with van der Waals surface area (Å²) in [5.74, 6) is -13.2. The second-order valence-electron chi connectivity index (χ2n) is 28.9. The maximum Gasteiger partial charge on any atom is 0.248 e. The number of benzene rings is 7. The molecule has 578 valence electrons. The van der Waals surface area contributed by atoms with Gasteiger partial charge in [-0.3, -0.25) is 33.6 Å². The minimum atomic E-state index is -2.17. The van der Waals surface area contributed by atoms with E-state index in [0.717, 1.165) is 66.8 Å². The maximum absolute atomic E-state index is 16.2. The highest BCUT2D eigenvalue weighted by atomic mass is 35.5. The Hall–Kier alpha value is -10.6. The molecule has 17 bridgehead atoms. The van der Waals surface area contributed by atoms with Crippen LogP contribution in [0, 0.1) is 0 Å². The number of hydrogen-bond donors (Lipinski definition) is 16. The molecule has 0 spiro atoms. The van der Waals surface area contributed by atoms with Crippen molar-refractivity contribution in [3.8, 4) is 80.1 Å². The monoisotopic (exact) mass is 1540 g/mol. The fourth-order valence-electron chi connectivity index (χ4n) is 13.8. The molecule has 0 unspecified atom stereocenters. The van der Waals surface area contributed by atoms with Crippen LogP contribution >= 0.6 is 23.2 Å². The Morgan fingerprint density at radius 1 is 0.550 bits per heavy atom. The summed E-state index contributed by atoms with van der Waals surface area (Å²) >= 11 is 14.0. The van der Waals surface area contributed by atoms with Gasteiger partial charge in [-0.2, -0.15) is 0 Å². The van der Waals surface area contributed by atoms with E-state index in [0.29, 0.717) is 31.5 Å². The summed E-state index contributed by atoms with van der Waals surface area (Å²) in [6.45, 7) is 4.79. The largest absolute Gasteiger partial charge is 0.508 e. The summed E-state index contributed by atoms with van der Waals surface area (Å²) in [5.41, 5.74) is 5.09. The Kier molecular flexibility index (Phi) is 25.3. The number of aromatic hydroxyl groups is 6. The predicted molar refractivity (Wildman–Crippen MR) is 404 cm³/mol. The van der Waals surface area contributed by atoms with E-state index in [2.05, 4.69) is 63.6 Å². The van der Waals surface area contributed by atoms with E-state index in [-0.39, 0.29) is 103 Å². The number of halogens is 2. The lowest BCUT2D eigenvalue weighted by atomic mass is 9.87. The zero-order chi connectivity index (χ0) is 78.1. The number of nitrogens with zero attached hydrogens (tertiary/aromatic N) is 2.